The molecule has 0 N–H and O–H groups in total. The van der Waals surface area contributed by atoms with E-state index in [0.29, 0.717) is 17.9 Å². The normalized spacial score (nSPS) is 11.8. The molecule has 8 nitrogen and oxygen atoms in total. The summed E-state index contributed by atoms with van der Waals surface area (Å²) >= 11 is 0. The number of hydrogen-bond donors (Lipinski definition) is 0. The Morgan fingerprint density at radius 2 is 0.507 bits per heavy atom. The van der Waals surface area contributed by atoms with Crippen LogP contribution in [-0.2, 0) is 28.2 Å². The van der Waals surface area contributed by atoms with Crippen LogP contribution in [0, 0.1) is 27.7 Å². The molecule has 4 aromatic heterocycles. The van der Waals surface area contributed by atoms with Crippen LogP contribution in [0.25, 0.3) is 131 Å². The van der Waals surface area contributed by atoms with Crippen LogP contribution in [0.15, 0.2) is 510 Å². The van der Waals surface area contributed by atoms with E-state index in [1.165, 1.54) is 222 Å². The highest BCUT2D eigenvalue weighted by atomic mass is 15.4. The van der Waals surface area contributed by atoms with Crippen molar-refractivity contribution in [2.75, 3.05) is 28.2 Å². The van der Waals surface area contributed by atoms with Gasteiger partial charge >= 0.3 is 0 Å². The molecule has 0 aliphatic heterocycles. The molecule has 0 aliphatic rings. The van der Waals surface area contributed by atoms with Crippen molar-refractivity contribution in [3.05, 3.63) is 532 Å². The SMILES string of the molecule is Cc1c(-c2c3ccccc3cc[n+]2C)ccc2cccc([N+](C)(c3ccccc3)c3ccccc3)c12.Cc1c(-c2ccc3ccccc3[n+]2C)ccc2cccc([N+](C)(c3ccccc3)c3ccccc3)c12.Cc1c(-c2cccc[n+]2C)ccc2c1c([N+](C)(c1ccccc1)c1ccccc1)cc1ccccc12.Cc1c(-c2cccc[n+]2C)ccc2cc3ccccc3c([N+](C)(c3ccccc3)c3ccccc3)c12. The summed E-state index contributed by atoms with van der Waals surface area (Å²) in [7, 11) is 17.8. The lowest BCUT2D eigenvalue weighted by molar-refractivity contribution is -0.660. The maximum Gasteiger partial charge on any atom is 0.220 e. The Morgan fingerprint density at radius 3 is 0.965 bits per heavy atom. The Hall–Kier alpha value is -17.1. The average Bonchev–Trinajstić information content (AvgIpc) is 0.704. The third-order valence-electron chi connectivity index (χ3n) is 30.5. The fourth-order valence-corrected chi connectivity index (χ4v) is 22.8. The molecule has 0 unspecified atom stereocenters. The second kappa shape index (κ2) is 39.5. The highest BCUT2D eigenvalue weighted by Crippen LogP contribution is 2.55. The van der Waals surface area contributed by atoms with Gasteiger partial charge in [0.15, 0.2) is 41.3 Å². The molecule has 0 saturated carbocycles. The fraction of sp³-hybridized carbons (Fsp3) is 0.0882. The van der Waals surface area contributed by atoms with Gasteiger partial charge in [-0.25, -0.2) is 31.6 Å². The minimum Gasteiger partial charge on any atom is -0.229 e. The molecule has 24 aromatic rings. The fourth-order valence-electron chi connectivity index (χ4n) is 22.8. The number of hydrogen-bond acceptors (Lipinski definition) is 0. The van der Waals surface area contributed by atoms with Crippen LogP contribution in [0.4, 0.5) is 68.2 Å². The van der Waals surface area contributed by atoms with Crippen LogP contribution in [-0.4, -0.2) is 28.2 Å². The number of fused-ring (bicyclic) bond motifs is 9. The monoisotopic (exact) mass is 1860 g/mol. The first-order valence-electron chi connectivity index (χ1n) is 49.9. The van der Waals surface area contributed by atoms with Crippen LogP contribution in [0.1, 0.15) is 22.3 Å². The summed E-state index contributed by atoms with van der Waals surface area (Å²) in [6, 6.07) is 178. The number of rotatable bonds is 16. The van der Waals surface area contributed by atoms with E-state index < -0.39 is 0 Å². The predicted octanol–water partition coefficient (Wildman–Crippen LogP) is 33.6. The Balaban J connectivity index is 0.000000113. The smallest absolute Gasteiger partial charge is 0.220 e. The summed E-state index contributed by atoms with van der Waals surface area (Å²) in [6.07, 6.45) is 6.41. The van der Waals surface area contributed by atoms with Crippen molar-refractivity contribution >= 4 is 155 Å². The molecule has 0 saturated heterocycles. The van der Waals surface area contributed by atoms with Crippen molar-refractivity contribution in [3.8, 4) is 45.0 Å². The first-order chi connectivity index (χ1) is 70.3. The van der Waals surface area contributed by atoms with Gasteiger partial charge in [0, 0.05) is 110 Å². The Kier molecular flexibility index (Phi) is 25.6. The highest BCUT2D eigenvalue weighted by Gasteiger charge is 2.41. The summed E-state index contributed by atoms with van der Waals surface area (Å²) in [5, 5.41) is 19.2. The Morgan fingerprint density at radius 1 is 0.181 bits per heavy atom. The van der Waals surface area contributed by atoms with Crippen LogP contribution in [0.3, 0.4) is 0 Å². The summed E-state index contributed by atoms with van der Waals surface area (Å²) in [4.78, 5) is 0. The quantitative estimate of drug-likeness (QED) is 0.0397. The molecule has 0 spiro atoms. The number of aromatic nitrogens is 4. The third-order valence-corrected chi connectivity index (χ3v) is 30.5. The van der Waals surface area contributed by atoms with E-state index in [9.17, 15) is 0 Å². The topological polar surface area (TPSA) is 15.5 Å². The van der Waals surface area contributed by atoms with E-state index in [0.717, 1.165) is 0 Å². The highest BCUT2D eigenvalue weighted by molar-refractivity contribution is 6.18. The molecule has 144 heavy (non-hydrogen) atoms. The first kappa shape index (κ1) is 93.2. The van der Waals surface area contributed by atoms with Gasteiger partial charge in [0.2, 0.25) is 28.3 Å². The van der Waals surface area contributed by atoms with Gasteiger partial charge in [-0.3, -0.25) is 0 Å². The lowest BCUT2D eigenvalue weighted by Crippen LogP contribution is -2.34. The lowest BCUT2D eigenvalue weighted by atomic mass is 9.91. The van der Waals surface area contributed by atoms with Crippen molar-refractivity contribution in [1.29, 1.82) is 0 Å². The second-order valence-electron chi connectivity index (χ2n) is 38.6. The maximum absolute atomic E-state index is 2.40. The van der Waals surface area contributed by atoms with Crippen LogP contribution < -0.4 is 36.2 Å². The predicted molar refractivity (Wildman–Crippen MR) is 611 cm³/mol. The number of nitrogens with zero attached hydrogens (tertiary/aromatic N) is 8. The van der Waals surface area contributed by atoms with E-state index in [1.807, 2.05) is 0 Å². The molecule has 20 aromatic carbocycles. The Labute approximate surface area is 846 Å². The number of benzene rings is 20. The van der Waals surface area contributed by atoms with Crippen molar-refractivity contribution in [2.24, 2.45) is 28.2 Å². The van der Waals surface area contributed by atoms with Crippen LogP contribution >= 0.6 is 0 Å². The van der Waals surface area contributed by atoms with Crippen LogP contribution in [0.2, 0.25) is 0 Å². The van der Waals surface area contributed by atoms with Gasteiger partial charge in [-0.05, 0) is 257 Å². The van der Waals surface area contributed by atoms with E-state index in [1.54, 1.807) is 0 Å². The molecule has 4 heterocycles. The molecule has 0 aliphatic carbocycles. The minimum atomic E-state index is 0.574. The molecule has 0 bridgehead atoms. The van der Waals surface area contributed by atoms with Gasteiger partial charge in [-0.1, -0.05) is 267 Å². The molecule has 696 valence electrons. The minimum absolute atomic E-state index is 0.574. The molecular formula is C136H120N8+8. The summed E-state index contributed by atoms with van der Waals surface area (Å²) < 4.78 is 11.3. The zero-order chi connectivity index (χ0) is 98.8. The molecule has 0 atom stereocenters. The van der Waals surface area contributed by atoms with Gasteiger partial charge in [0.05, 0.1) is 39.1 Å². The zero-order valence-corrected chi connectivity index (χ0v) is 84.1. The molecular weight excluding hydrogens is 1750 g/mol. The van der Waals surface area contributed by atoms with Crippen molar-refractivity contribution in [3.63, 3.8) is 0 Å². The second-order valence-corrected chi connectivity index (χ2v) is 38.6. The number of para-hydroxylation sites is 9. The van der Waals surface area contributed by atoms with E-state index in [2.05, 4.69) is 612 Å². The summed E-state index contributed by atoms with van der Waals surface area (Å²) in [5.74, 6) is 0. The van der Waals surface area contributed by atoms with Crippen molar-refractivity contribution in [1.82, 2.24) is 17.9 Å². The van der Waals surface area contributed by atoms with Gasteiger partial charge in [0.25, 0.3) is 0 Å². The average molecular weight is 1870 g/mol. The summed E-state index contributed by atoms with van der Waals surface area (Å²) in [6.45, 7) is 9.12. The zero-order valence-electron chi connectivity index (χ0n) is 84.1. The first-order valence-corrected chi connectivity index (χ1v) is 49.9. The van der Waals surface area contributed by atoms with Crippen molar-refractivity contribution in [2.45, 2.75) is 27.7 Å². The van der Waals surface area contributed by atoms with E-state index >= 15 is 0 Å². The van der Waals surface area contributed by atoms with Crippen molar-refractivity contribution < 1.29 is 18.3 Å². The molecule has 24 rings (SSSR count). The Bertz CT molecular complexity index is 8660. The molecule has 8 heteroatoms. The van der Waals surface area contributed by atoms with Crippen LogP contribution in [0.5, 0.6) is 0 Å². The van der Waals surface area contributed by atoms with E-state index in [-0.39, 0.29) is 0 Å². The number of aryl methyl sites for hydroxylation is 8. The van der Waals surface area contributed by atoms with Gasteiger partial charge < -0.3 is 0 Å². The van der Waals surface area contributed by atoms with Gasteiger partial charge in [-0.2, -0.15) is 4.57 Å². The molecule has 0 amide bonds. The van der Waals surface area contributed by atoms with E-state index in [4.69, 9.17) is 0 Å². The van der Waals surface area contributed by atoms with Gasteiger partial charge in [-0.15, -0.1) is 0 Å². The standard InChI is InChI=1S/4C34H30N2/c1-25-30(32-20-12-13-23-35(32)2)22-21-27-24-26-14-10-11-19-31(26)34(33(25)27)36(3,28-15-6-4-7-16-28)29-17-8-5-9-18-29;1-25-29(32-20-12-13-23-35(32)2)21-22-31-30-19-11-10-14-26(30)24-33(34(25)31)36(3,27-15-6-4-7-16-27)28-17-8-5-9-18-28;1-25-30(32-24-22-26-13-10-11-19-31(26)35(32)2)23-21-27-14-12-20-33(34(25)27)36(3,28-15-6-4-7-16-28)29-17-8-5-9-18-29;1-25-30(34-31-19-11-10-13-26(31)23-24-35(34)2)22-21-27-14-12-20-32(33(25)27)36(3,28-15-6-4-7-16-28)29-17-8-5-9-18-29/h4*4-24H,1-3H3/q4*+2. The molecule has 0 radical (unpaired) electrons. The number of pyridine rings is 4. The summed E-state index contributed by atoms with van der Waals surface area (Å²) in [5.41, 5.74) is 31.3. The largest absolute Gasteiger partial charge is 0.229 e. The van der Waals surface area contributed by atoms with Gasteiger partial charge in [0.1, 0.15) is 73.7 Å². The molecule has 0 fully saturated rings. The maximum atomic E-state index is 2.40. The lowest BCUT2D eigenvalue weighted by Gasteiger charge is -2.35. The number of quaternary nitrogens is 4. The third kappa shape index (κ3) is 16.7.